The van der Waals surface area contributed by atoms with Crippen LogP contribution in [0.5, 0.6) is 0 Å². The number of hydrogen-bond donors (Lipinski definition) is 4. The van der Waals surface area contributed by atoms with Crippen LogP contribution >= 0.6 is 11.6 Å². The Morgan fingerprint density at radius 3 is 2.77 bits per heavy atom. The van der Waals surface area contributed by atoms with E-state index in [4.69, 9.17) is 16.0 Å². The van der Waals surface area contributed by atoms with E-state index in [0.717, 1.165) is 11.1 Å². The van der Waals surface area contributed by atoms with Gasteiger partial charge in [0, 0.05) is 23.0 Å². The number of nitrogens with zero attached hydrogens (tertiary/aromatic N) is 3. The van der Waals surface area contributed by atoms with Gasteiger partial charge < -0.3 is 15.1 Å². The van der Waals surface area contributed by atoms with Crippen LogP contribution in [-0.2, 0) is 4.79 Å². The van der Waals surface area contributed by atoms with E-state index in [0.29, 0.717) is 28.7 Å². The van der Waals surface area contributed by atoms with Gasteiger partial charge in [-0.2, -0.15) is 5.10 Å². The fourth-order valence-electron chi connectivity index (χ4n) is 4.52. The van der Waals surface area contributed by atoms with E-state index in [2.05, 4.69) is 26.5 Å². The molecule has 2 aromatic heterocycles. The zero-order chi connectivity index (χ0) is 24.1. The second-order valence-electron chi connectivity index (χ2n) is 8.56. The molecule has 0 spiro atoms. The highest BCUT2D eigenvalue weighted by Crippen LogP contribution is 2.29. The number of fused-ring (bicyclic) bond motifs is 2. The fraction of sp³-hybridized carbons (Fsp3) is 0.208. The van der Waals surface area contributed by atoms with E-state index in [1.165, 1.54) is 0 Å². The number of amides is 2. The first kappa shape index (κ1) is 21.7. The van der Waals surface area contributed by atoms with Crippen molar-refractivity contribution < 1.29 is 14.0 Å². The number of aromatic nitrogens is 2. The third-order valence-electron chi connectivity index (χ3n) is 6.18. The van der Waals surface area contributed by atoms with Crippen molar-refractivity contribution in [1.29, 1.82) is 0 Å². The molecule has 2 aliphatic rings. The number of carbonyl (C=O) groups is 2. The summed E-state index contributed by atoms with van der Waals surface area (Å²) >= 11 is 6.04. The van der Waals surface area contributed by atoms with Gasteiger partial charge in [-0.3, -0.25) is 19.9 Å². The van der Waals surface area contributed by atoms with Gasteiger partial charge in [0.1, 0.15) is 17.6 Å². The lowest BCUT2D eigenvalue weighted by molar-refractivity contribution is -0.129. The van der Waals surface area contributed by atoms with Crippen molar-refractivity contribution >= 4 is 45.9 Å². The van der Waals surface area contributed by atoms with Crippen LogP contribution in [0.1, 0.15) is 22.5 Å². The molecule has 2 saturated heterocycles. The predicted octanol–water partition coefficient (Wildman–Crippen LogP) is 2.99. The lowest BCUT2D eigenvalue weighted by Gasteiger charge is -2.37. The Kier molecular flexibility index (Phi) is 5.21. The zero-order valence-electron chi connectivity index (χ0n) is 18.7. The number of furan rings is 1. The molecule has 4 heterocycles. The van der Waals surface area contributed by atoms with E-state index in [-0.39, 0.29) is 23.8 Å². The maximum absolute atomic E-state index is 13.0. The molecule has 0 saturated carbocycles. The second-order valence-corrected chi connectivity index (χ2v) is 8.99. The zero-order valence-corrected chi connectivity index (χ0v) is 19.4. The van der Waals surface area contributed by atoms with Crippen LogP contribution in [0.25, 0.3) is 11.0 Å². The first-order valence-electron chi connectivity index (χ1n) is 11.2. The lowest BCUT2D eigenvalue weighted by atomic mass is 10.0. The van der Waals surface area contributed by atoms with Crippen molar-refractivity contribution in [2.75, 3.05) is 16.9 Å². The predicted molar refractivity (Wildman–Crippen MR) is 131 cm³/mol. The van der Waals surface area contributed by atoms with E-state index >= 15 is 0 Å². The first-order valence-corrected chi connectivity index (χ1v) is 11.5. The highest BCUT2D eigenvalue weighted by atomic mass is 35.5. The molecule has 0 radical (unpaired) electrons. The van der Waals surface area contributed by atoms with E-state index in [1.54, 1.807) is 35.0 Å². The van der Waals surface area contributed by atoms with Gasteiger partial charge >= 0.3 is 0 Å². The molecule has 2 fully saturated rings. The summed E-state index contributed by atoms with van der Waals surface area (Å²) in [6, 6.07) is 18.2. The third kappa shape index (κ3) is 3.91. The van der Waals surface area contributed by atoms with Gasteiger partial charge in [-0.1, -0.05) is 29.8 Å². The average Bonchev–Trinajstić information content (AvgIpc) is 3.56. The monoisotopic (exact) mass is 491 g/mol. The number of carbonyl (C=O) groups excluding carboxylic acids is 2. The molecule has 35 heavy (non-hydrogen) atoms. The molecule has 2 aromatic carbocycles. The smallest absolute Gasteiger partial charge is 0.292 e. The number of rotatable bonds is 4. The molecular formula is C24H22ClN7O3. The summed E-state index contributed by atoms with van der Waals surface area (Å²) in [6.07, 6.45) is -1.02. The minimum atomic E-state index is -0.682. The number of benzene rings is 2. The largest absolute Gasteiger partial charge is 0.451 e. The number of nitrogens with one attached hydrogen (secondary N) is 4. The lowest BCUT2D eigenvalue weighted by Crippen LogP contribution is -2.61. The molecule has 2 aliphatic heterocycles. The Morgan fingerprint density at radius 1 is 1.17 bits per heavy atom. The Balaban J connectivity index is 1.26. The van der Waals surface area contributed by atoms with Crippen LogP contribution in [0.4, 0.5) is 11.5 Å². The summed E-state index contributed by atoms with van der Waals surface area (Å²) < 4.78 is 7.25. The van der Waals surface area contributed by atoms with E-state index < -0.39 is 12.2 Å². The number of hydrogen-bond acceptors (Lipinski definition) is 7. The molecule has 3 atom stereocenters. The standard InChI is InChI=1S/C24H22ClN7O3/c1-13-10-20(27-23(34)19-11-14-4-2-3-5-18(14)35-19)32(30-13)24-28-21-17(22(33)29-24)12-26-31(21)16-8-6-15(25)7-9-16/h2-11,17,21,24,26,28H,12H2,1H3,(H,27,34)(H,29,33). The molecular weight excluding hydrogens is 470 g/mol. The molecule has 4 aromatic rings. The molecule has 2 amide bonds. The molecule has 4 N–H and O–H groups in total. The van der Waals surface area contributed by atoms with Crippen molar-refractivity contribution in [3.05, 3.63) is 77.1 Å². The van der Waals surface area contributed by atoms with Crippen LogP contribution in [0.2, 0.25) is 5.02 Å². The second kappa shape index (κ2) is 8.42. The Hall–Kier alpha value is -3.86. The molecule has 10 nitrogen and oxygen atoms in total. The number of para-hydroxylation sites is 1. The molecule has 6 rings (SSSR count). The summed E-state index contributed by atoms with van der Waals surface area (Å²) in [5.41, 5.74) is 5.46. The van der Waals surface area contributed by atoms with Crippen LogP contribution in [0, 0.1) is 12.8 Å². The van der Waals surface area contributed by atoms with Crippen molar-refractivity contribution in [2.45, 2.75) is 19.4 Å². The summed E-state index contributed by atoms with van der Waals surface area (Å²) in [4.78, 5) is 25.9. The minimum absolute atomic E-state index is 0.120. The topological polar surface area (TPSA) is 116 Å². The normalized spacial score (nSPS) is 21.7. The van der Waals surface area contributed by atoms with Gasteiger partial charge in [-0.05, 0) is 43.3 Å². The van der Waals surface area contributed by atoms with Crippen LogP contribution in [0.3, 0.4) is 0 Å². The minimum Gasteiger partial charge on any atom is -0.451 e. The highest BCUT2D eigenvalue weighted by molar-refractivity contribution is 6.30. The summed E-state index contributed by atoms with van der Waals surface area (Å²) in [7, 11) is 0. The number of anilines is 2. The molecule has 178 valence electrons. The van der Waals surface area contributed by atoms with Gasteiger partial charge in [0.05, 0.1) is 17.3 Å². The van der Waals surface area contributed by atoms with Crippen LogP contribution in [0.15, 0.2) is 65.1 Å². The van der Waals surface area contributed by atoms with Gasteiger partial charge in [0.25, 0.3) is 5.91 Å². The summed E-state index contributed by atoms with van der Waals surface area (Å²) in [5, 5.41) is 17.2. The Labute approximate surface area is 205 Å². The highest BCUT2D eigenvalue weighted by Gasteiger charge is 2.45. The fourth-order valence-corrected chi connectivity index (χ4v) is 4.65. The van der Waals surface area contributed by atoms with E-state index in [9.17, 15) is 9.59 Å². The Bertz CT molecular complexity index is 1400. The Morgan fingerprint density at radius 2 is 1.97 bits per heavy atom. The molecule has 0 aliphatic carbocycles. The number of hydrazine groups is 1. The molecule has 0 bridgehead atoms. The van der Waals surface area contributed by atoms with Crippen molar-refractivity contribution in [2.24, 2.45) is 5.92 Å². The molecule has 11 heteroatoms. The first-order chi connectivity index (χ1) is 17.0. The SMILES string of the molecule is Cc1cc(NC(=O)c2cc3ccccc3o2)n(C2NC(=O)C3CNN(c4ccc(Cl)cc4)C3N2)n1. The summed E-state index contributed by atoms with van der Waals surface area (Å²) in [5.74, 6) is -0.232. The van der Waals surface area contributed by atoms with Crippen molar-refractivity contribution in [3.63, 3.8) is 0 Å². The van der Waals surface area contributed by atoms with Gasteiger partial charge in [-0.15, -0.1) is 0 Å². The van der Waals surface area contributed by atoms with Gasteiger partial charge in [0.15, 0.2) is 12.0 Å². The van der Waals surface area contributed by atoms with Crippen molar-refractivity contribution in [3.8, 4) is 0 Å². The average molecular weight is 492 g/mol. The third-order valence-corrected chi connectivity index (χ3v) is 6.44. The van der Waals surface area contributed by atoms with Crippen molar-refractivity contribution in [1.82, 2.24) is 25.8 Å². The maximum atomic E-state index is 13.0. The maximum Gasteiger partial charge on any atom is 0.292 e. The molecule has 3 unspecified atom stereocenters. The quantitative estimate of drug-likeness (QED) is 0.347. The van der Waals surface area contributed by atoms with E-state index in [1.807, 2.05) is 42.3 Å². The van der Waals surface area contributed by atoms with Gasteiger partial charge in [-0.25, -0.2) is 10.1 Å². The number of aryl methyl sites for hydroxylation is 1. The summed E-state index contributed by atoms with van der Waals surface area (Å²) in [6.45, 7) is 2.30. The van der Waals surface area contributed by atoms with Crippen LogP contribution < -0.4 is 26.4 Å². The number of halogens is 1. The van der Waals surface area contributed by atoms with Crippen LogP contribution in [-0.4, -0.2) is 34.3 Å². The van der Waals surface area contributed by atoms with Gasteiger partial charge in [0.2, 0.25) is 5.91 Å².